The molecule has 0 radical (unpaired) electrons. The summed E-state index contributed by atoms with van der Waals surface area (Å²) in [4.78, 5) is 53.6. The maximum Gasteiger partial charge on any atom is 0.242 e. The van der Waals surface area contributed by atoms with Gasteiger partial charge in [0, 0.05) is 26.2 Å². The third kappa shape index (κ3) is 12.4. The lowest BCUT2D eigenvalue weighted by atomic mass is 9.99. The molecule has 0 aromatic heterocycles. The minimum atomic E-state index is -0.613. The van der Waals surface area contributed by atoms with Crippen molar-refractivity contribution in [3.8, 4) is 0 Å². The summed E-state index contributed by atoms with van der Waals surface area (Å²) >= 11 is 0. The third-order valence-electron chi connectivity index (χ3n) is 8.29. The summed E-state index contributed by atoms with van der Waals surface area (Å²) in [5.74, 6) is 0.301. The molecular formula is C36H56N6O5. The van der Waals surface area contributed by atoms with Crippen molar-refractivity contribution in [2.45, 2.75) is 90.4 Å². The Kier molecular flexibility index (Phi) is 16.6. The summed E-state index contributed by atoms with van der Waals surface area (Å²) in [6, 6.07) is 17.4. The van der Waals surface area contributed by atoms with Gasteiger partial charge in [0.25, 0.3) is 0 Å². The molecule has 0 saturated carbocycles. The highest BCUT2D eigenvalue weighted by Gasteiger charge is 2.35. The van der Waals surface area contributed by atoms with Crippen LogP contribution in [-0.2, 0) is 32.0 Å². The molecule has 2 aromatic carbocycles. The molecule has 4 rings (SSSR count). The molecule has 4 atom stereocenters. The van der Waals surface area contributed by atoms with Crippen LogP contribution in [0.15, 0.2) is 60.7 Å². The lowest BCUT2D eigenvalue weighted by Crippen LogP contribution is -2.53. The monoisotopic (exact) mass is 652 g/mol. The van der Waals surface area contributed by atoms with Gasteiger partial charge in [0.05, 0.1) is 12.1 Å². The molecule has 2 aliphatic heterocycles. The van der Waals surface area contributed by atoms with Crippen LogP contribution in [0.2, 0.25) is 0 Å². The normalized spacial score (nSPS) is 19.7. The highest BCUT2D eigenvalue weighted by molar-refractivity contribution is 5.91. The zero-order valence-corrected chi connectivity index (χ0v) is 28.5. The molecule has 2 fully saturated rings. The highest BCUT2D eigenvalue weighted by Crippen LogP contribution is 2.18. The molecule has 4 amide bonds. The van der Waals surface area contributed by atoms with E-state index in [1.165, 1.54) is 0 Å². The van der Waals surface area contributed by atoms with Crippen LogP contribution >= 0.6 is 0 Å². The molecule has 2 aliphatic rings. The zero-order chi connectivity index (χ0) is 33.6. The number of rotatable bonds is 10. The van der Waals surface area contributed by atoms with Crippen molar-refractivity contribution in [2.75, 3.05) is 26.2 Å². The van der Waals surface area contributed by atoms with Crippen molar-refractivity contribution in [3.63, 3.8) is 0 Å². The van der Waals surface area contributed by atoms with E-state index in [9.17, 15) is 19.2 Å². The largest absolute Gasteiger partial charge is 0.412 e. The Balaban J connectivity index is 0.000000320. The first-order valence-electron chi connectivity index (χ1n) is 16.7. The van der Waals surface area contributed by atoms with E-state index in [2.05, 4.69) is 38.3 Å². The molecular weight excluding hydrogens is 596 g/mol. The summed E-state index contributed by atoms with van der Waals surface area (Å²) in [6.45, 7) is 10.6. The molecule has 2 aromatic rings. The first-order valence-corrected chi connectivity index (χ1v) is 16.7. The van der Waals surface area contributed by atoms with Gasteiger partial charge in [-0.05, 0) is 61.5 Å². The minimum Gasteiger partial charge on any atom is -0.412 e. The Morgan fingerprint density at radius 1 is 0.681 bits per heavy atom. The molecule has 4 unspecified atom stereocenters. The molecule has 0 aliphatic carbocycles. The lowest BCUT2D eigenvalue weighted by molar-refractivity contribution is -0.141. The summed E-state index contributed by atoms with van der Waals surface area (Å²) in [5, 5.41) is 5.80. The number of nitrogens with one attached hydrogen (secondary N) is 2. The van der Waals surface area contributed by atoms with E-state index in [4.69, 9.17) is 11.5 Å². The Hall–Kier alpha value is -3.80. The van der Waals surface area contributed by atoms with E-state index in [1.54, 1.807) is 9.80 Å². The summed E-state index contributed by atoms with van der Waals surface area (Å²) in [7, 11) is 0. The molecule has 8 N–H and O–H groups in total. The van der Waals surface area contributed by atoms with Crippen LogP contribution in [0.1, 0.15) is 64.5 Å². The van der Waals surface area contributed by atoms with Gasteiger partial charge < -0.3 is 37.4 Å². The van der Waals surface area contributed by atoms with Gasteiger partial charge in [-0.2, -0.15) is 0 Å². The fourth-order valence-electron chi connectivity index (χ4n) is 5.98. The van der Waals surface area contributed by atoms with Crippen molar-refractivity contribution in [2.24, 2.45) is 23.3 Å². The molecule has 11 heteroatoms. The van der Waals surface area contributed by atoms with Crippen molar-refractivity contribution in [1.29, 1.82) is 0 Å². The van der Waals surface area contributed by atoms with Gasteiger partial charge in [0.2, 0.25) is 23.6 Å². The first kappa shape index (κ1) is 39.4. The number of hydrogen-bond acceptors (Lipinski definition) is 6. The number of nitrogens with zero attached hydrogens (tertiary/aromatic N) is 2. The van der Waals surface area contributed by atoms with Crippen molar-refractivity contribution in [1.82, 2.24) is 20.4 Å². The molecule has 2 heterocycles. The smallest absolute Gasteiger partial charge is 0.242 e. The quantitative estimate of drug-likeness (QED) is 0.304. The van der Waals surface area contributed by atoms with Crippen molar-refractivity contribution < 1.29 is 24.7 Å². The van der Waals surface area contributed by atoms with Crippen LogP contribution in [0.5, 0.6) is 0 Å². The Bertz CT molecular complexity index is 1160. The van der Waals surface area contributed by atoms with E-state index in [0.29, 0.717) is 63.7 Å². The average molecular weight is 653 g/mol. The second-order valence-corrected chi connectivity index (χ2v) is 13.2. The van der Waals surface area contributed by atoms with Crippen LogP contribution in [0, 0.1) is 11.8 Å². The van der Waals surface area contributed by atoms with E-state index >= 15 is 0 Å². The Labute approximate surface area is 280 Å². The first-order chi connectivity index (χ1) is 22.0. The van der Waals surface area contributed by atoms with Gasteiger partial charge in [-0.25, -0.2) is 0 Å². The predicted octanol–water partition coefficient (Wildman–Crippen LogP) is 1.81. The Morgan fingerprint density at radius 2 is 1.02 bits per heavy atom. The van der Waals surface area contributed by atoms with Crippen LogP contribution < -0.4 is 22.1 Å². The molecule has 260 valence electrons. The standard InChI is InChI=1S/2C18H27N3O2.H2O/c2*1-13(2)11-16-17(22)20-9-6-10-21(16)18(23)15(19)12-14-7-4-3-5-8-14;/h2*3-5,7-8,13,15-16H,6,9-12,19H2,1-2H3,(H,20,22);1H2. The van der Waals surface area contributed by atoms with Crippen LogP contribution in [0.25, 0.3) is 0 Å². The Morgan fingerprint density at radius 3 is 1.34 bits per heavy atom. The highest BCUT2D eigenvalue weighted by atomic mass is 16.2. The van der Waals surface area contributed by atoms with Crippen LogP contribution in [-0.4, -0.2) is 89.3 Å². The second-order valence-electron chi connectivity index (χ2n) is 13.2. The predicted molar refractivity (Wildman–Crippen MR) is 185 cm³/mol. The number of carbonyl (C=O) groups is 4. The zero-order valence-electron chi connectivity index (χ0n) is 28.5. The van der Waals surface area contributed by atoms with E-state index in [1.807, 2.05) is 60.7 Å². The molecule has 47 heavy (non-hydrogen) atoms. The van der Waals surface area contributed by atoms with Gasteiger partial charge in [-0.15, -0.1) is 0 Å². The summed E-state index contributed by atoms with van der Waals surface area (Å²) in [6.07, 6.45) is 3.85. The summed E-state index contributed by atoms with van der Waals surface area (Å²) < 4.78 is 0. The van der Waals surface area contributed by atoms with Crippen molar-refractivity contribution >= 4 is 23.6 Å². The van der Waals surface area contributed by atoms with Gasteiger partial charge >= 0.3 is 0 Å². The number of amides is 4. The maximum absolute atomic E-state index is 12.8. The van der Waals surface area contributed by atoms with E-state index in [-0.39, 0.29) is 29.1 Å². The number of hydrogen-bond donors (Lipinski definition) is 4. The third-order valence-corrected chi connectivity index (χ3v) is 8.29. The topological polar surface area (TPSA) is 182 Å². The maximum atomic E-state index is 12.8. The SMILES string of the molecule is CC(C)CC1C(=O)NCCCN1C(=O)C(N)Cc1ccccc1.CC(C)CC1C(=O)NCCCN1C(=O)C(N)Cc1ccccc1.O. The molecule has 0 spiro atoms. The number of carbonyl (C=O) groups excluding carboxylic acids is 4. The molecule has 11 nitrogen and oxygen atoms in total. The van der Waals surface area contributed by atoms with Gasteiger partial charge in [-0.1, -0.05) is 88.4 Å². The molecule has 0 bridgehead atoms. The van der Waals surface area contributed by atoms with Gasteiger partial charge in [0.1, 0.15) is 12.1 Å². The minimum absolute atomic E-state index is 0. The second kappa shape index (κ2) is 19.8. The van der Waals surface area contributed by atoms with Gasteiger partial charge in [-0.3, -0.25) is 19.2 Å². The van der Waals surface area contributed by atoms with Gasteiger partial charge in [0.15, 0.2) is 0 Å². The average Bonchev–Trinajstić information content (AvgIpc) is 3.32. The van der Waals surface area contributed by atoms with E-state index < -0.39 is 24.2 Å². The van der Waals surface area contributed by atoms with Crippen molar-refractivity contribution in [3.05, 3.63) is 71.8 Å². The fourth-order valence-corrected chi connectivity index (χ4v) is 5.98. The summed E-state index contributed by atoms with van der Waals surface area (Å²) in [5.41, 5.74) is 14.4. The number of nitrogens with two attached hydrogens (primary N) is 2. The van der Waals surface area contributed by atoms with E-state index in [0.717, 1.165) is 24.0 Å². The molecule has 2 saturated heterocycles. The number of benzene rings is 2. The fraction of sp³-hybridized carbons (Fsp3) is 0.556. The van der Waals surface area contributed by atoms with Crippen LogP contribution in [0.3, 0.4) is 0 Å². The van der Waals surface area contributed by atoms with Crippen LogP contribution in [0.4, 0.5) is 0 Å². The lowest BCUT2D eigenvalue weighted by Gasteiger charge is -2.31.